The number of thiophene rings is 1. The Bertz CT molecular complexity index is 1220. The third-order valence-corrected chi connectivity index (χ3v) is 7.04. The van der Waals surface area contributed by atoms with Gasteiger partial charge in [0.05, 0.1) is 7.11 Å². The molecule has 0 saturated heterocycles. The van der Waals surface area contributed by atoms with Crippen LogP contribution in [0.5, 0.6) is 0 Å². The summed E-state index contributed by atoms with van der Waals surface area (Å²) in [6, 6.07) is 18.5. The highest BCUT2D eigenvalue weighted by molar-refractivity contribution is 7.08. The van der Waals surface area contributed by atoms with E-state index in [1.807, 2.05) is 73.0 Å². The van der Waals surface area contributed by atoms with E-state index in [1.54, 1.807) is 39.0 Å². The molecule has 0 saturated carbocycles. The molecule has 38 heavy (non-hydrogen) atoms. The quantitative estimate of drug-likeness (QED) is 0.342. The third-order valence-electron chi connectivity index (χ3n) is 6.36. The minimum absolute atomic E-state index is 0.159. The number of carbonyl (C=O) groups is 3. The molecule has 7 nitrogen and oxygen atoms in total. The van der Waals surface area contributed by atoms with Crippen molar-refractivity contribution in [2.75, 3.05) is 7.11 Å². The SMILES string of the molecule is COC(=O)[C@H](C)NC(=O)[C@@](Cc1ccc(-c2ccsc2)cc1)(NC(=O)OC(C)(C)C)C(C)c1ccccc1. The first-order valence-corrected chi connectivity index (χ1v) is 13.5. The Morgan fingerprint density at radius 3 is 2.13 bits per heavy atom. The zero-order valence-electron chi connectivity index (χ0n) is 22.7. The normalized spacial score (nSPS) is 14.5. The molecule has 2 N–H and O–H groups in total. The fourth-order valence-corrected chi connectivity index (χ4v) is 4.94. The summed E-state index contributed by atoms with van der Waals surface area (Å²) in [5.74, 6) is -1.59. The number of esters is 1. The van der Waals surface area contributed by atoms with Crippen LogP contribution in [0.1, 0.15) is 51.7 Å². The summed E-state index contributed by atoms with van der Waals surface area (Å²) in [6.45, 7) is 8.71. The molecule has 3 aromatic rings. The van der Waals surface area contributed by atoms with Crippen molar-refractivity contribution in [2.24, 2.45) is 0 Å². The van der Waals surface area contributed by atoms with Gasteiger partial charge in [0.1, 0.15) is 17.2 Å². The molecule has 0 aliphatic rings. The van der Waals surface area contributed by atoms with E-state index in [-0.39, 0.29) is 6.42 Å². The molecular formula is C30H36N2O5S. The average molecular weight is 537 g/mol. The molecule has 0 aliphatic carbocycles. The molecule has 0 bridgehead atoms. The number of rotatable bonds is 9. The lowest BCUT2D eigenvalue weighted by molar-refractivity contribution is -0.145. The average Bonchev–Trinajstić information content (AvgIpc) is 3.42. The summed E-state index contributed by atoms with van der Waals surface area (Å²) in [5.41, 5.74) is 1.59. The van der Waals surface area contributed by atoms with E-state index in [0.29, 0.717) is 0 Å². The summed E-state index contributed by atoms with van der Waals surface area (Å²) in [6.07, 6.45) is -0.567. The fourth-order valence-electron chi connectivity index (χ4n) is 4.28. The van der Waals surface area contributed by atoms with E-state index < -0.39 is 41.1 Å². The van der Waals surface area contributed by atoms with E-state index in [2.05, 4.69) is 16.0 Å². The molecule has 0 spiro atoms. The Morgan fingerprint density at radius 2 is 1.58 bits per heavy atom. The lowest BCUT2D eigenvalue weighted by Gasteiger charge is -2.40. The highest BCUT2D eigenvalue weighted by Gasteiger charge is 2.47. The van der Waals surface area contributed by atoms with Crippen LogP contribution in [0.25, 0.3) is 11.1 Å². The number of ether oxygens (including phenoxy) is 2. The van der Waals surface area contributed by atoms with Crippen molar-refractivity contribution in [2.45, 2.75) is 64.1 Å². The Labute approximate surface area is 228 Å². The summed E-state index contributed by atoms with van der Waals surface area (Å²) in [7, 11) is 1.26. The van der Waals surface area contributed by atoms with Crippen molar-refractivity contribution in [3.63, 3.8) is 0 Å². The van der Waals surface area contributed by atoms with Crippen LogP contribution < -0.4 is 10.6 Å². The van der Waals surface area contributed by atoms with Crippen LogP contribution in [0.3, 0.4) is 0 Å². The highest BCUT2D eigenvalue weighted by atomic mass is 32.1. The van der Waals surface area contributed by atoms with Gasteiger partial charge in [-0.15, -0.1) is 0 Å². The van der Waals surface area contributed by atoms with E-state index in [0.717, 1.165) is 22.3 Å². The maximum Gasteiger partial charge on any atom is 0.408 e. The number of amides is 2. The second kappa shape index (κ2) is 12.3. The molecule has 1 aromatic heterocycles. The Kier molecular flexibility index (Phi) is 9.33. The molecule has 3 atom stereocenters. The van der Waals surface area contributed by atoms with Gasteiger partial charge in [0.2, 0.25) is 5.91 Å². The summed E-state index contributed by atoms with van der Waals surface area (Å²) >= 11 is 1.62. The van der Waals surface area contributed by atoms with E-state index in [9.17, 15) is 14.4 Å². The topological polar surface area (TPSA) is 93.7 Å². The van der Waals surface area contributed by atoms with Gasteiger partial charge in [0, 0.05) is 12.3 Å². The van der Waals surface area contributed by atoms with Crippen LogP contribution in [0.15, 0.2) is 71.4 Å². The van der Waals surface area contributed by atoms with Crippen molar-refractivity contribution in [3.8, 4) is 11.1 Å². The van der Waals surface area contributed by atoms with Gasteiger partial charge in [-0.25, -0.2) is 9.59 Å². The minimum atomic E-state index is -1.49. The zero-order valence-corrected chi connectivity index (χ0v) is 23.6. The Morgan fingerprint density at radius 1 is 0.921 bits per heavy atom. The number of methoxy groups -OCH3 is 1. The van der Waals surface area contributed by atoms with Crippen molar-refractivity contribution in [1.82, 2.24) is 10.6 Å². The van der Waals surface area contributed by atoms with Gasteiger partial charge >= 0.3 is 12.1 Å². The van der Waals surface area contributed by atoms with Crippen LogP contribution in [-0.4, -0.2) is 42.3 Å². The second-order valence-electron chi connectivity index (χ2n) is 10.3. The number of benzene rings is 2. The largest absolute Gasteiger partial charge is 0.467 e. The molecule has 0 aliphatic heterocycles. The first-order valence-electron chi connectivity index (χ1n) is 12.5. The predicted octanol–water partition coefficient (Wildman–Crippen LogP) is 5.70. The maximum absolute atomic E-state index is 14.1. The Balaban J connectivity index is 2.08. The van der Waals surface area contributed by atoms with Gasteiger partial charge in [-0.05, 0) is 66.8 Å². The van der Waals surface area contributed by atoms with Gasteiger partial charge in [-0.3, -0.25) is 4.79 Å². The van der Waals surface area contributed by atoms with Crippen LogP contribution in [0.2, 0.25) is 0 Å². The molecular weight excluding hydrogens is 500 g/mol. The summed E-state index contributed by atoms with van der Waals surface area (Å²) in [5, 5.41) is 9.77. The first-order chi connectivity index (χ1) is 17.9. The van der Waals surface area contributed by atoms with Crippen LogP contribution in [-0.2, 0) is 25.5 Å². The van der Waals surface area contributed by atoms with Gasteiger partial charge < -0.3 is 20.1 Å². The molecule has 8 heteroatoms. The zero-order chi connectivity index (χ0) is 27.9. The molecule has 1 heterocycles. The fraction of sp³-hybridized carbons (Fsp3) is 0.367. The lowest BCUT2D eigenvalue weighted by Crippen LogP contribution is -2.65. The smallest absolute Gasteiger partial charge is 0.408 e. The standard InChI is InChI=1S/C30H36N2O5S/c1-20(23-10-8-7-9-11-23)30(32-28(35)37-29(3,4)5,27(34)31-21(2)26(33)36-6)18-22-12-14-24(15-13-22)25-16-17-38-19-25/h7-17,19-21H,18H2,1-6H3,(H,31,34)(H,32,35)/t20?,21-,30-/m0/s1. The number of hydrogen-bond acceptors (Lipinski definition) is 6. The van der Waals surface area contributed by atoms with Crippen molar-refractivity contribution in [3.05, 3.63) is 82.6 Å². The van der Waals surface area contributed by atoms with Crippen LogP contribution in [0, 0.1) is 0 Å². The molecule has 0 fully saturated rings. The highest BCUT2D eigenvalue weighted by Crippen LogP contribution is 2.33. The van der Waals surface area contributed by atoms with Gasteiger partial charge in [-0.2, -0.15) is 11.3 Å². The maximum atomic E-state index is 14.1. The molecule has 3 rings (SSSR count). The van der Waals surface area contributed by atoms with Gasteiger partial charge in [0.15, 0.2) is 0 Å². The van der Waals surface area contributed by atoms with E-state index in [1.165, 1.54) is 7.11 Å². The van der Waals surface area contributed by atoms with Crippen LogP contribution in [0.4, 0.5) is 4.79 Å². The van der Waals surface area contributed by atoms with E-state index in [4.69, 9.17) is 9.47 Å². The lowest BCUT2D eigenvalue weighted by atomic mass is 9.75. The third kappa shape index (κ3) is 7.22. The molecule has 2 aromatic carbocycles. The minimum Gasteiger partial charge on any atom is -0.467 e. The van der Waals surface area contributed by atoms with Crippen LogP contribution >= 0.6 is 11.3 Å². The molecule has 0 radical (unpaired) electrons. The predicted molar refractivity (Wildman–Crippen MR) is 150 cm³/mol. The number of hydrogen-bond donors (Lipinski definition) is 2. The van der Waals surface area contributed by atoms with Crippen molar-refractivity contribution < 1.29 is 23.9 Å². The van der Waals surface area contributed by atoms with Gasteiger partial charge in [0.25, 0.3) is 0 Å². The number of carbonyl (C=O) groups excluding carboxylic acids is 3. The number of nitrogens with one attached hydrogen (secondary N) is 2. The van der Waals surface area contributed by atoms with Gasteiger partial charge in [-0.1, -0.05) is 61.5 Å². The first kappa shape index (κ1) is 28.9. The summed E-state index contributed by atoms with van der Waals surface area (Å²) < 4.78 is 10.4. The van der Waals surface area contributed by atoms with Crippen molar-refractivity contribution in [1.29, 1.82) is 0 Å². The monoisotopic (exact) mass is 536 g/mol. The van der Waals surface area contributed by atoms with Crippen molar-refractivity contribution >= 4 is 29.3 Å². The number of alkyl carbamates (subject to hydrolysis) is 1. The summed E-state index contributed by atoms with van der Waals surface area (Å²) in [4.78, 5) is 39.5. The molecule has 202 valence electrons. The Hall–Kier alpha value is -3.65. The molecule has 2 amide bonds. The molecule has 1 unspecified atom stereocenters. The second-order valence-corrected chi connectivity index (χ2v) is 11.1. The van der Waals surface area contributed by atoms with E-state index >= 15 is 0 Å².